The Labute approximate surface area is 538 Å². The van der Waals surface area contributed by atoms with Gasteiger partial charge in [0.2, 0.25) is 5.91 Å². The van der Waals surface area contributed by atoms with Crippen LogP contribution in [0.4, 0.5) is 0 Å². The van der Waals surface area contributed by atoms with Gasteiger partial charge in [0.1, 0.15) is 0 Å². The van der Waals surface area contributed by atoms with Gasteiger partial charge in [0.15, 0.2) is 0 Å². The van der Waals surface area contributed by atoms with Crippen molar-refractivity contribution in [3.05, 3.63) is 36.5 Å². The molecule has 0 aliphatic carbocycles. The number of hydrogen-bond donors (Lipinski definition) is 3. The predicted molar refractivity (Wildman–Crippen MR) is 379 cm³/mol. The summed E-state index contributed by atoms with van der Waals surface area (Å²) in [7, 11) is 0. The van der Waals surface area contributed by atoms with Crippen LogP contribution in [0.15, 0.2) is 36.5 Å². The van der Waals surface area contributed by atoms with E-state index in [4.69, 9.17) is 4.74 Å². The number of ether oxygens (including phenoxy) is 1. The number of aliphatic hydroxyl groups is 2. The van der Waals surface area contributed by atoms with Crippen molar-refractivity contribution >= 4 is 11.9 Å². The number of allylic oxidation sites excluding steroid dienone is 6. The maximum Gasteiger partial charge on any atom is 0.305 e. The maximum absolute atomic E-state index is 12.6. The normalized spacial score (nSPS) is 12.7. The van der Waals surface area contributed by atoms with Gasteiger partial charge in [0.05, 0.1) is 25.4 Å². The second-order valence-corrected chi connectivity index (χ2v) is 27.0. The molecule has 0 rings (SSSR count). The van der Waals surface area contributed by atoms with Crippen molar-refractivity contribution in [3.8, 4) is 0 Å². The van der Waals surface area contributed by atoms with E-state index < -0.39 is 12.1 Å². The molecule has 2 unspecified atom stereocenters. The molecule has 3 N–H and O–H groups in total. The van der Waals surface area contributed by atoms with Gasteiger partial charge in [-0.2, -0.15) is 0 Å². The quantitative estimate of drug-likeness (QED) is 0.0320. The van der Waals surface area contributed by atoms with Crippen LogP contribution in [-0.4, -0.2) is 47.4 Å². The molecule has 508 valence electrons. The van der Waals surface area contributed by atoms with Gasteiger partial charge in [-0.15, -0.1) is 0 Å². The first-order valence-corrected chi connectivity index (χ1v) is 39.2. The Balaban J connectivity index is 3.36. The molecule has 0 aromatic carbocycles. The molecule has 0 saturated carbocycles. The topological polar surface area (TPSA) is 95.9 Å². The highest BCUT2D eigenvalue weighted by atomic mass is 16.5. The Hall–Kier alpha value is -1.92. The fourth-order valence-electron chi connectivity index (χ4n) is 12.4. The first-order chi connectivity index (χ1) is 42.5. The molecular weight excluding hydrogens is 1050 g/mol. The lowest BCUT2D eigenvalue weighted by Gasteiger charge is -2.22. The Morgan fingerprint density at radius 1 is 0.326 bits per heavy atom. The standard InChI is InChI=1S/C80H153NO5/c1-3-5-7-9-11-13-15-17-19-21-23-34-37-40-44-48-52-56-60-64-68-72-78(83)77(76-82)81-79(84)73-69-65-61-57-53-49-45-41-38-35-32-30-28-26-24-25-27-29-31-33-36-39-43-47-51-55-59-63-67-71-75-86-80(85)74-70-66-62-58-54-50-46-42-22-20-18-16-14-12-10-8-6-4-2/h14,16,20,22,25,27,77-78,82-83H,3-13,15,17-19,21,23-24,26,28-76H2,1-2H3,(H,81,84)/b16-14-,22-20-,27-25-. The van der Waals surface area contributed by atoms with Gasteiger partial charge in [-0.3, -0.25) is 9.59 Å². The number of esters is 1. The van der Waals surface area contributed by atoms with Crippen LogP contribution in [0.3, 0.4) is 0 Å². The van der Waals surface area contributed by atoms with Gasteiger partial charge >= 0.3 is 5.97 Å². The van der Waals surface area contributed by atoms with E-state index in [1.54, 1.807) is 0 Å². The van der Waals surface area contributed by atoms with Crippen molar-refractivity contribution in [2.24, 2.45) is 0 Å². The fraction of sp³-hybridized carbons (Fsp3) is 0.900. The molecule has 86 heavy (non-hydrogen) atoms. The number of carbonyl (C=O) groups excluding carboxylic acids is 2. The van der Waals surface area contributed by atoms with Crippen LogP contribution in [0.1, 0.15) is 438 Å². The van der Waals surface area contributed by atoms with E-state index in [0.29, 0.717) is 25.9 Å². The van der Waals surface area contributed by atoms with Crippen LogP contribution in [-0.2, 0) is 14.3 Å². The van der Waals surface area contributed by atoms with Crippen molar-refractivity contribution < 1.29 is 24.5 Å². The molecular formula is C80H153NO5. The van der Waals surface area contributed by atoms with Crippen LogP contribution < -0.4 is 5.32 Å². The Morgan fingerprint density at radius 2 is 0.581 bits per heavy atom. The number of carbonyl (C=O) groups is 2. The lowest BCUT2D eigenvalue weighted by Crippen LogP contribution is -2.45. The monoisotopic (exact) mass is 1210 g/mol. The number of rotatable bonds is 74. The number of aliphatic hydroxyl groups excluding tert-OH is 2. The SMILES string of the molecule is CCCCCC/C=C\C/C=C\CCCCCCCCCC(=O)OCCCCCCCCCCCCCC/C=C\CCCCCCCCCCCCCCCCC(=O)NC(CO)C(O)CCCCCCCCCCCCCCCCCCCCCCC. The van der Waals surface area contributed by atoms with Crippen molar-refractivity contribution in [2.45, 2.75) is 450 Å². The second-order valence-electron chi connectivity index (χ2n) is 27.0. The number of nitrogens with one attached hydrogen (secondary N) is 1. The lowest BCUT2D eigenvalue weighted by atomic mass is 10.0. The largest absolute Gasteiger partial charge is 0.466 e. The summed E-state index contributed by atoms with van der Waals surface area (Å²) in [4.78, 5) is 24.7. The summed E-state index contributed by atoms with van der Waals surface area (Å²) >= 11 is 0. The lowest BCUT2D eigenvalue weighted by molar-refractivity contribution is -0.143. The van der Waals surface area contributed by atoms with Crippen molar-refractivity contribution in [1.82, 2.24) is 5.32 Å². The first-order valence-electron chi connectivity index (χ1n) is 39.2. The van der Waals surface area contributed by atoms with E-state index in [0.717, 1.165) is 51.4 Å². The third-order valence-corrected chi connectivity index (χ3v) is 18.4. The molecule has 0 aliphatic heterocycles. The molecule has 0 heterocycles. The van der Waals surface area contributed by atoms with Crippen molar-refractivity contribution in [1.29, 1.82) is 0 Å². The molecule has 0 aliphatic rings. The molecule has 0 fully saturated rings. The fourth-order valence-corrected chi connectivity index (χ4v) is 12.4. The number of amides is 1. The molecule has 1 amide bonds. The minimum atomic E-state index is -0.665. The summed E-state index contributed by atoms with van der Waals surface area (Å²) in [6.45, 7) is 4.98. The van der Waals surface area contributed by atoms with Gasteiger partial charge < -0.3 is 20.3 Å². The van der Waals surface area contributed by atoms with Crippen molar-refractivity contribution in [2.75, 3.05) is 13.2 Å². The third-order valence-electron chi connectivity index (χ3n) is 18.4. The zero-order valence-corrected chi connectivity index (χ0v) is 58.3. The summed E-state index contributed by atoms with van der Waals surface area (Å²) < 4.78 is 5.51. The highest BCUT2D eigenvalue weighted by Gasteiger charge is 2.20. The van der Waals surface area contributed by atoms with Crippen LogP contribution in [0.2, 0.25) is 0 Å². The van der Waals surface area contributed by atoms with Crippen LogP contribution in [0.5, 0.6) is 0 Å². The number of hydrogen-bond acceptors (Lipinski definition) is 5. The number of unbranched alkanes of at least 4 members (excludes halogenated alkanes) is 57. The summed E-state index contributed by atoms with van der Waals surface area (Å²) in [6.07, 6.45) is 97.9. The summed E-state index contributed by atoms with van der Waals surface area (Å²) in [5.41, 5.74) is 0. The molecule has 0 bridgehead atoms. The Morgan fingerprint density at radius 3 is 0.907 bits per heavy atom. The third kappa shape index (κ3) is 71.2. The van der Waals surface area contributed by atoms with Gasteiger partial charge in [0, 0.05) is 12.8 Å². The minimum Gasteiger partial charge on any atom is -0.466 e. The molecule has 0 aromatic rings. The molecule has 0 aromatic heterocycles. The second kappa shape index (κ2) is 75.5. The van der Waals surface area contributed by atoms with Gasteiger partial charge in [-0.1, -0.05) is 378 Å². The van der Waals surface area contributed by atoms with Crippen LogP contribution in [0.25, 0.3) is 0 Å². The average molecular weight is 1210 g/mol. The Kier molecular flexibility index (Phi) is 73.9. The van der Waals surface area contributed by atoms with Gasteiger partial charge in [-0.25, -0.2) is 0 Å². The molecule has 0 radical (unpaired) electrons. The predicted octanol–water partition coefficient (Wildman–Crippen LogP) is 25.8. The first kappa shape index (κ1) is 84.1. The zero-order valence-electron chi connectivity index (χ0n) is 58.3. The summed E-state index contributed by atoms with van der Waals surface area (Å²) in [6, 6.07) is -0.542. The average Bonchev–Trinajstić information content (AvgIpc) is 3.54. The minimum absolute atomic E-state index is 0.0106. The molecule has 0 saturated heterocycles. The molecule has 2 atom stereocenters. The van der Waals surface area contributed by atoms with Crippen LogP contribution in [0, 0.1) is 0 Å². The Bertz CT molecular complexity index is 1390. The van der Waals surface area contributed by atoms with Crippen LogP contribution >= 0.6 is 0 Å². The van der Waals surface area contributed by atoms with Gasteiger partial charge in [-0.05, 0) is 83.5 Å². The van der Waals surface area contributed by atoms with E-state index in [1.807, 2.05) is 0 Å². The molecule has 0 spiro atoms. The van der Waals surface area contributed by atoms with E-state index in [2.05, 4.69) is 55.6 Å². The van der Waals surface area contributed by atoms with E-state index in [1.165, 1.54) is 353 Å². The van der Waals surface area contributed by atoms with E-state index in [-0.39, 0.29) is 18.5 Å². The highest BCUT2D eigenvalue weighted by molar-refractivity contribution is 5.76. The summed E-state index contributed by atoms with van der Waals surface area (Å²) in [5, 5.41) is 23.4. The smallest absolute Gasteiger partial charge is 0.305 e. The van der Waals surface area contributed by atoms with E-state index in [9.17, 15) is 19.8 Å². The van der Waals surface area contributed by atoms with E-state index >= 15 is 0 Å². The van der Waals surface area contributed by atoms with Crippen molar-refractivity contribution in [3.63, 3.8) is 0 Å². The zero-order chi connectivity index (χ0) is 62.0. The maximum atomic E-state index is 12.6. The van der Waals surface area contributed by atoms with Gasteiger partial charge in [0.25, 0.3) is 0 Å². The summed E-state index contributed by atoms with van der Waals surface area (Å²) in [5.74, 6) is -0.0182. The molecule has 6 heteroatoms. The molecule has 6 nitrogen and oxygen atoms in total. The highest BCUT2D eigenvalue weighted by Crippen LogP contribution is 2.20.